The summed E-state index contributed by atoms with van der Waals surface area (Å²) in [4.78, 5) is 16.6. The van der Waals surface area contributed by atoms with Gasteiger partial charge in [0.1, 0.15) is 0 Å². The lowest BCUT2D eigenvalue weighted by molar-refractivity contribution is 0.0953. The molecule has 0 bridgehead atoms. The Bertz CT molecular complexity index is 529. The molecule has 3 N–H and O–H groups in total. The van der Waals surface area contributed by atoms with Crippen molar-refractivity contribution in [2.24, 2.45) is 10.9 Å². The SMILES string of the molecule is CCCCNC(=O)c1ccc(CN=C(NCC)NCCC(C)C)cc1.I. The highest BCUT2D eigenvalue weighted by Crippen LogP contribution is 2.06. The predicted molar refractivity (Wildman–Crippen MR) is 121 cm³/mol. The molecule has 0 aromatic heterocycles. The number of aliphatic imine (C=N–C) groups is 1. The van der Waals surface area contributed by atoms with Gasteiger partial charge in [-0.25, -0.2) is 4.99 Å². The molecular weight excluding hydrogens is 439 g/mol. The summed E-state index contributed by atoms with van der Waals surface area (Å²) in [5, 5.41) is 9.55. The highest BCUT2D eigenvalue weighted by atomic mass is 127. The summed E-state index contributed by atoms with van der Waals surface area (Å²) < 4.78 is 0. The van der Waals surface area contributed by atoms with E-state index in [4.69, 9.17) is 0 Å². The van der Waals surface area contributed by atoms with Crippen LogP contribution in [0.1, 0.15) is 62.9 Å². The molecule has 0 radical (unpaired) electrons. The van der Waals surface area contributed by atoms with Crippen molar-refractivity contribution in [2.45, 2.75) is 53.5 Å². The Morgan fingerprint density at radius 3 is 2.31 bits per heavy atom. The lowest BCUT2D eigenvalue weighted by Gasteiger charge is -2.12. The van der Waals surface area contributed by atoms with Crippen molar-refractivity contribution in [1.82, 2.24) is 16.0 Å². The summed E-state index contributed by atoms with van der Waals surface area (Å²) in [5.41, 5.74) is 1.79. The molecule has 0 fully saturated rings. The van der Waals surface area contributed by atoms with E-state index >= 15 is 0 Å². The van der Waals surface area contributed by atoms with E-state index in [1.165, 1.54) is 0 Å². The first-order valence-corrected chi connectivity index (χ1v) is 9.46. The van der Waals surface area contributed by atoms with Crippen LogP contribution in [-0.4, -0.2) is 31.5 Å². The first kappa shape index (κ1) is 24.7. The van der Waals surface area contributed by atoms with Gasteiger partial charge in [-0.1, -0.05) is 39.3 Å². The fraction of sp³-hybridized carbons (Fsp3) is 0.600. The van der Waals surface area contributed by atoms with Crippen molar-refractivity contribution >= 4 is 35.8 Å². The molecule has 1 amide bonds. The van der Waals surface area contributed by atoms with Gasteiger partial charge in [0.25, 0.3) is 5.91 Å². The smallest absolute Gasteiger partial charge is 0.251 e. The maximum atomic E-state index is 12.0. The molecule has 1 aromatic carbocycles. The van der Waals surface area contributed by atoms with Crippen LogP contribution in [0.25, 0.3) is 0 Å². The number of nitrogens with one attached hydrogen (secondary N) is 3. The Balaban J connectivity index is 0.00000625. The number of halogens is 1. The van der Waals surface area contributed by atoms with E-state index in [1.807, 2.05) is 24.3 Å². The number of unbranched alkanes of at least 4 members (excludes halogenated alkanes) is 1. The average molecular weight is 474 g/mol. The van der Waals surface area contributed by atoms with E-state index in [-0.39, 0.29) is 29.9 Å². The second-order valence-electron chi connectivity index (χ2n) is 6.61. The fourth-order valence-electron chi connectivity index (χ4n) is 2.23. The second-order valence-corrected chi connectivity index (χ2v) is 6.61. The maximum Gasteiger partial charge on any atom is 0.251 e. The number of amides is 1. The van der Waals surface area contributed by atoms with E-state index < -0.39 is 0 Å². The van der Waals surface area contributed by atoms with Gasteiger partial charge in [0.2, 0.25) is 0 Å². The van der Waals surface area contributed by atoms with Crippen molar-refractivity contribution in [2.75, 3.05) is 19.6 Å². The highest BCUT2D eigenvalue weighted by Gasteiger charge is 2.04. The molecule has 0 aliphatic heterocycles. The predicted octanol–water partition coefficient (Wildman–Crippen LogP) is 3.94. The first-order chi connectivity index (χ1) is 12.1. The van der Waals surface area contributed by atoms with Gasteiger partial charge in [-0.3, -0.25) is 4.79 Å². The largest absolute Gasteiger partial charge is 0.357 e. The molecule has 1 aromatic rings. The Hall–Kier alpha value is -1.31. The lowest BCUT2D eigenvalue weighted by atomic mass is 10.1. The van der Waals surface area contributed by atoms with Gasteiger partial charge in [0.05, 0.1) is 6.54 Å². The minimum absolute atomic E-state index is 0. The van der Waals surface area contributed by atoms with Gasteiger partial charge in [0.15, 0.2) is 5.96 Å². The molecule has 0 saturated heterocycles. The zero-order chi connectivity index (χ0) is 18.5. The highest BCUT2D eigenvalue weighted by molar-refractivity contribution is 14.0. The standard InChI is InChI=1S/C20H34N4O.HI/c1-5-7-13-22-19(25)18-10-8-17(9-11-18)15-24-20(21-6-2)23-14-12-16(3)4;/h8-11,16H,5-7,12-15H2,1-4H3,(H,22,25)(H2,21,23,24);1H. The Labute approximate surface area is 175 Å². The summed E-state index contributed by atoms with van der Waals surface area (Å²) in [7, 11) is 0. The molecular formula is C20H35IN4O. The monoisotopic (exact) mass is 474 g/mol. The molecule has 0 spiro atoms. The quantitative estimate of drug-likeness (QED) is 0.208. The Morgan fingerprint density at radius 1 is 1.04 bits per heavy atom. The Morgan fingerprint density at radius 2 is 1.73 bits per heavy atom. The average Bonchev–Trinajstić information content (AvgIpc) is 2.60. The zero-order valence-corrected chi connectivity index (χ0v) is 18.9. The zero-order valence-electron chi connectivity index (χ0n) is 16.6. The van der Waals surface area contributed by atoms with Crippen molar-refractivity contribution in [3.05, 3.63) is 35.4 Å². The first-order valence-electron chi connectivity index (χ1n) is 9.46. The van der Waals surface area contributed by atoms with Crippen LogP contribution in [0.2, 0.25) is 0 Å². The van der Waals surface area contributed by atoms with Gasteiger partial charge < -0.3 is 16.0 Å². The lowest BCUT2D eigenvalue weighted by Crippen LogP contribution is -2.38. The number of benzene rings is 1. The van der Waals surface area contributed by atoms with E-state index in [1.54, 1.807) is 0 Å². The van der Waals surface area contributed by atoms with Crippen LogP contribution in [0.5, 0.6) is 0 Å². The van der Waals surface area contributed by atoms with Crippen LogP contribution in [-0.2, 0) is 6.54 Å². The minimum atomic E-state index is -0.00723. The molecule has 1 rings (SSSR count). The number of hydrogen-bond donors (Lipinski definition) is 3. The van der Waals surface area contributed by atoms with E-state index in [0.29, 0.717) is 18.0 Å². The molecule has 0 aliphatic rings. The van der Waals surface area contributed by atoms with Crippen molar-refractivity contribution < 1.29 is 4.79 Å². The molecule has 6 heteroatoms. The normalized spacial score (nSPS) is 11.0. The van der Waals surface area contributed by atoms with E-state index in [0.717, 1.165) is 50.4 Å². The van der Waals surface area contributed by atoms with Crippen LogP contribution >= 0.6 is 24.0 Å². The number of carbonyl (C=O) groups is 1. The molecule has 0 aliphatic carbocycles. The third-order valence-electron chi connectivity index (χ3n) is 3.81. The molecule has 0 saturated carbocycles. The molecule has 26 heavy (non-hydrogen) atoms. The molecule has 148 valence electrons. The topological polar surface area (TPSA) is 65.5 Å². The number of nitrogens with zero attached hydrogens (tertiary/aromatic N) is 1. The van der Waals surface area contributed by atoms with Gasteiger partial charge in [-0.15, -0.1) is 24.0 Å². The van der Waals surface area contributed by atoms with Crippen molar-refractivity contribution in [3.63, 3.8) is 0 Å². The van der Waals surface area contributed by atoms with Crippen LogP contribution in [0.4, 0.5) is 0 Å². The third-order valence-corrected chi connectivity index (χ3v) is 3.81. The summed E-state index contributed by atoms with van der Waals surface area (Å²) in [6, 6.07) is 7.67. The van der Waals surface area contributed by atoms with Crippen LogP contribution in [0.15, 0.2) is 29.3 Å². The van der Waals surface area contributed by atoms with Crippen molar-refractivity contribution in [1.29, 1.82) is 0 Å². The van der Waals surface area contributed by atoms with Crippen LogP contribution in [0, 0.1) is 5.92 Å². The number of carbonyl (C=O) groups excluding carboxylic acids is 1. The number of hydrogen-bond acceptors (Lipinski definition) is 2. The molecule has 0 heterocycles. The summed E-state index contributed by atoms with van der Waals surface area (Å²) in [5.74, 6) is 1.50. The number of guanidine groups is 1. The van der Waals surface area contributed by atoms with Crippen LogP contribution < -0.4 is 16.0 Å². The van der Waals surface area contributed by atoms with E-state index in [2.05, 4.69) is 48.6 Å². The van der Waals surface area contributed by atoms with Crippen molar-refractivity contribution in [3.8, 4) is 0 Å². The summed E-state index contributed by atoms with van der Waals surface area (Å²) >= 11 is 0. The van der Waals surface area contributed by atoms with Crippen LogP contribution in [0.3, 0.4) is 0 Å². The molecule has 5 nitrogen and oxygen atoms in total. The molecule has 0 atom stereocenters. The third kappa shape index (κ3) is 10.6. The van der Waals surface area contributed by atoms with Gasteiger partial charge in [-0.05, 0) is 43.4 Å². The second kappa shape index (κ2) is 14.8. The van der Waals surface area contributed by atoms with E-state index in [9.17, 15) is 4.79 Å². The maximum absolute atomic E-state index is 12.0. The number of rotatable bonds is 10. The van der Waals surface area contributed by atoms with Gasteiger partial charge >= 0.3 is 0 Å². The fourth-order valence-corrected chi connectivity index (χ4v) is 2.23. The summed E-state index contributed by atoms with van der Waals surface area (Å²) in [6.45, 7) is 11.7. The summed E-state index contributed by atoms with van der Waals surface area (Å²) in [6.07, 6.45) is 3.21. The van der Waals surface area contributed by atoms with Gasteiger partial charge in [0, 0.05) is 25.2 Å². The van der Waals surface area contributed by atoms with Gasteiger partial charge in [-0.2, -0.15) is 0 Å². The Kier molecular flexibility index (Phi) is 14.1. The minimum Gasteiger partial charge on any atom is -0.357 e. The molecule has 0 unspecified atom stereocenters.